The van der Waals surface area contributed by atoms with Gasteiger partial charge in [-0.1, -0.05) is 0 Å². The minimum Gasteiger partial charge on any atom is -0.463 e. The van der Waals surface area contributed by atoms with E-state index in [4.69, 9.17) is 10.3 Å². The molecule has 0 aliphatic carbocycles. The first-order chi connectivity index (χ1) is 5.61. The second-order valence-electron chi connectivity index (χ2n) is 1.93. The maximum Gasteiger partial charge on any atom is 0.436 e. The number of hydrogen-bond acceptors (Lipinski definition) is 3. The van der Waals surface area contributed by atoms with Gasteiger partial charge in [-0.15, -0.1) is 0 Å². The van der Waals surface area contributed by atoms with Crippen molar-refractivity contribution in [1.82, 2.24) is 4.98 Å². The summed E-state index contributed by atoms with van der Waals surface area (Å²) in [5.74, 6) is 0. The van der Waals surface area contributed by atoms with Gasteiger partial charge in [-0.25, -0.2) is 9.78 Å². The molecule has 0 bridgehead atoms. The van der Waals surface area contributed by atoms with E-state index in [9.17, 15) is 4.79 Å². The molecule has 0 fully saturated rings. The Bertz CT molecular complexity index is 287. The Morgan fingerprint density at radius 3 is 2.67 bits per heavy atom. The number of rotatable bonds is 1. The van der Waals surface area contributed by atoms with Crippen molar-refractivity contribution in [3.05, 3.63) is 22.9 Å². The summed E-state index contributed by atoms with van der Waals surface area (Å²) in [6.07, 6.45) is -0.211. The number of amides is 1. The van der Waals surface area contributed by atoms with Crippen LogP contribution >= 0.6 is 15.9 Å². The topological polar surface area (TPSA) is 73.7 Å². The van der Waals surface area contributed by atoms with Gasteiger partial charge in [0.05, 0.1) is 11.9 Å². The SMILES string of the molecule is O=C(O)N(O)c1ccc(Br)nc1. The van der Waals surface area contributed by atoms with E-state index in [2.05, 4.69) is 20.9 Å². The van der Waals surface area contributed by atoms with Crippen molar-refractivity contribution >= 4 is 27.7 Å². The van der Waals surface area contributed by atoms with Crippen LogP contribution in [0.25, 0.3) is 0 Å². The van der Waals surface area contributed by atoms with Crippen LogP contribution in [0, 0.1) is 0 Å². The van der Waals surface area contributed by atoms with E-state index in [0.717, 1.165) is 0 Å². The van der Waals surface area contributed by atoms with Crippen LogP contribution in [-0.4, -0.2) is 21.4 Å². The van der Waals surface area contributed by atoms with Crippen LogP contribution in [0.1, 0.15) is 0 Å². The van der Waals surface area contributed by atoms with Gasteiger partial charge in [-0.05, 0) is 28.1 Å². The first kappa shape index (κ1) is 8.95. The predicted molar refractivity (Wildman–Crippen MR) is 44.2 cm³/mol. The zero-order valence-corrected chi connectivity index (χ0v) is 7.39. The molecule has 5 nitrogen and oxygen atoms in total. The molecule has 1 heterocycles. The number of nitrogens with zero attached hydrogens (tertiary/aromatic N) is 2. The Kier molecular flexibility index (Phi) is 2.61. The molecule has 1 aromatic rings. The lowest BCUT2D eigenvalue weighted by atomic mass is 10.4. The minimum absolute atomic E-state index is 0.0967. The van der Waals surface area contributed by atoms with Crippen molar-refractivity contribution < 1.29 is 15.1 Å². The van der Waals surface area contributed by atoms with Crippen LogP contribution in [0.15, 0.2) is 22.9 Å². The molecule has 0 aromatic carbocycles. The highest BCUT2D eigenvalue weighted by atomic mass is 79.9. The van der Waals surface area contributed by atoms with Crippen molar-refractivity contribution in [3.63, 3.8) is 0 Å². The molecule has 1 rings (SSSR count). The molecule has 0 atom stereocenters. The van der Waals surface area contributed by atoms with Crippen molar-refractivity contribution in [2.75, 3.05) is 5.06 Å². The number of anilines is 1. The molecule has 6 heteroatoms. The van der Waals surface area contributed by atoms with Gasteiger partial charge in [0.15, 0.2) is 0 Å². The number of carbonyl (C=O) groups is 1. The van der Waals surface area contributed by atoms with Crippen LogP contribution in [-0.2, 0) is 0 Å². The smallest absolute Gasteiger partial charge is 0.436 e. The van der Waals surface area contributed by atoms with Crippen LogP contribution in [0.5, 0.6) is 0 Å². The molecule has 0 aliphatic rings. The molecule has 1 amide bonds. The largest absolute Gasteiger partial charge is 0.463 e. The predicted octanol–water partition coefficient (Wildman–Crippen LogP) is 1.72. The lowest BCUT2D eigenvalue weighted by Gasteiger charge is -2.08. The third-order valence-electron chi connectivity index (χ3n) is 1.14. The molecule has 0 spiro atoms. The molecule has 12 heavy (non-hydrogen) atoms. The third kappa shape index (κ3) is 1.93. The van der Waals surface area contributed by atoms with Crippen molar-refractivity contribution in [2.45, 2.75) is 0 Å². The summed E-state index contributed by atoms with van der Waals surface area (Å²) < 4.78 is 0.574. The monoisotopic (exact) mass is 232 g/mol. The minimum atomic E-state index is -1.45. The van der Waals surface area contributed by atoms with Gasteiger partial charge in [0.1, 0.15) is 4.60 Å². The number of hydrogen-bond donors (Lipinski definition) is 2. The zero-order chi connectivity index (χ0) is 9.14. The van der Waals surface area contributed by atoms with Gasteiger partial charge in [-0.3, -0.25) is 5.21 Å². The molecular formula is C6H5BrN2O3. The van der Waals surface area contributed by atoms with E-state index in [0.29, 0.717) is 4.60 Å². The molecule has 0 aliphatic heterocycles. The molecular weight excluding hydrogens is 228 g/mol. The Balaban J connectivity index is 2.89. The maximum atomic E-state index is 10.2. The normalized spacial score (nSPS) is 9.50. The second kappa shape index (κ2) is 3.51. The average Bonchev–Trinajstić information content (AvgIpc) is 2.04. The quantitative estimate of drug-likeness (QED) is 0.440. The molecule has 0 unspecified atom stereocenters. The lowest BCUT2D eigenvalue weighted by Crippen LogP contribution is -2.24. The van der Waals surface area contributed by atoms with Crippen LogP contribution in [0.2, 0.25) is 0 Å². The highest BCUT2D eigenvalue weighted by molar-refractivity contribution is 9.10. The number of aromatic nitrogens is 1. The summed E-state index contributed by atoms with van der Waals surface area (Å²) in [5.41, 5.74) is 0.103. The van der Waals surface area contributed by atoms with Crippen molar-refractivity contribution in [1.29, 1.82) is 0 Å². The van der Waals surface area contributed by atoms with Gasteiger partial charge in [0.2, 0.25) is 0 Å². The Morgan fingerprint density at radius 2 is 2.25 bits per heavy atom. The number of pyridine rings is 1. The average molecular weight is 233 g/mol. The molecule has 2 N–H and O–H groups in total. The Hall–Kier alpha value is -1.14. The zero-order valence-electron chi connectivity index (χ0n) is 5.81. The fourth-order valence-electron chi connectivity index (χ4n) is 0.604. The molecule has 0 saturated carbocycles. The van der Waals surface area contributed by atoms with E-state index in [-0.39, 0.29) is 10.8 Å². The molecule has 0 radical (unpaired) electrons. The first-order valence-electron chi connectivity index (χ1n) is 2.95. The Labute approximate surface area is 76.3 Å². The number of hydroxylamine groups is 1. The second-order valence-corrected chi connectivity index (χ2v) is 2.75. The Morgan fingerprint density at radius 1 is 1.58 bits per heavy atom. The van der Waals surface area contributed by atoms with Gasteiger partial charge >= 0.3 is 6.09 Å². The summed E-state index contributed by atoms with van der Waals surface area (Å²) in [5, 5.41) is 17.3. The van der Waals surface area contributed by atoms with Gasteiger partial charge in [0.25, 0.3) is 0 Å². The van der Waals surface area contributed by atoms with Gasteiger partial charge < -0.3 is 5.11 Å². The molecule has 1 aromatic heterocycles. The van der Waals surface area contributed by atoms with E-state index in [1.165, 1.54) is 18.3 Å². The highest BCUT2D eigenvalue weighted by Gasteiger charge is 2.10. The van der Waals surface area contributed by atoms with E-state index < -0.39 is 6.09 Å². The summed E-state index contributed by atoms with van der Waals surface area (Å²) in [7, 11) is 0. The standard InChI is InChI=1S/C6H5BrN2O3/c7-5-2-1-4(3-8-5)9(12)6(10)11/h1-3,12H,(H,10,11). The van der Waals surface area contributed by atoms with E-state index in [1.54, 1.807) is 0 Å². The lowest BCUT2D eigenvalue weighted by molar-refractivity contribution is 0.160. The van der Waals surface area contributed by atoms with Gasteiger partial charge in [-0.2, -0.15) is 5.06 Å². The summed E-state index contributed by atoms with van der Waals surface area (Å²) >= 11 is 3.07. The highest BCUT2D eigenvalue weighted by Crippen LogP contribution is 2.13. The van der Waals surface area contributed by atoms with Gasteiger partial charge in [0, 0.05) is 0 Å². The summed E-state index contributed by atoms with van der Waals surface area (Å²) in [6.45, 7) is 0. The van der Waals surface area contributed by atoms with Crippen molar-refractivity contribution in [2.24, 2.45) is 0 Å². The van der Waals surface area contributed by atoms with Crippen LogP contribution < -0.4 is 5.06 Å². The number of carboxylic acid groups (broad SMARTS) is 1. The number of halogens is 1. The fourth-order valence-corrected chi connectivity index (χ4v) is 0.838. The van der Waals surface area contributed by atoms with Crippen molar-refractivity contribution in [3.8, 4) is 0 Å². The maximum absolute atomic E-state index is 10.2. The first-order valence-corrected chi connectivity index (χ1v) is 3.74. The summed E-state index contributed by atoms with van der Waals surface area (Å²) in [6, 6.07) is 2.95. The van der Waals surface area contributed by atoms with Crippen LogP contribution in [0.3, 0.4) is 0 Å². The van der Waals surface area contributed by atoms with Crippen LogP contribution in [0.4, 0.5) is 10.5 Å². The molecule has 64 valence electrons. The molecule has 0 saturated heterocycles. The van der Waals surface area contributed by atoms with E-state index in [1.807, 2.05) is 0 Å². The summed E-state index contributed by atoms with van der Waals surface area (Å²) in [4.78, 5) is 14.0. The van der Waals surface area contributed by atoms with E-state index >= 15 is 0 Å². The third-order valence-corrected chi connectivity index (χ3v) is 1.61. The fraction of sp³-hybridized carbons (Fsp3) is 0.